The summed E-state index contributed by atoms with van der Waals surface area (Å²) in [5, 5.41) is 61.9. The first-order valence-electron chi connectivity index (χ1n) is 14.3. The van der Waals surface area contributed by atoms with Crippen LogP contribution in [0.1, 0.15) is 35.4 Å². The number of carbonyl (C=O) groups is 1. The molecule has 0 aliphatic carbocycles. The Labute approximate surface area is 258 Å². The van der Waals surface area contributed by atoms with Gasteiger partial charge in [-0.15, -0.1) is 0 Å². The van der Waals surface area contributed by atoms with Crippen molar-refractivity contribution in [2.75, 3.05) is 27.9 Å². The van der Waals surface area contributed by atoms with Gasteiger partial charge in [-0.1, -0.05) is 6.07 Å². The van der Waals surface area contributed by atoms with Crippen LogP contribution in [0.15, 0.2) is 30.3 Å². The first-order chi connectivity index (χ1) is 21.5. The predicted molar refractivity (Wildman–Crippen MR) is 150 cm³/mol. The van der Waals surface area contributed by atoms with Gasteiger partial charge in [0, 0.05) is 12.1 Å². The van der Waals surface area contributed by atoms with Crippen LogP contribution in [0.4, 0.5) is 0 Å². The Kier molecular flexibility index (Phi) is 10.0. The Morgan fingerprint density at radius 3 is 2.11 bits per heavy atom. The summed E-state index contributed by atoms with van der Waals surface area (Å²) in [7, 11) is 4.37. The average molecular weight is 639 g/mol. The van der Waals surface area contributed by atoms with Crippen LogP contribution in [-0.2, 0) is 14.2 Å². The van der Waals surface area contributed by atoms with E-state index in [0.29, 0.717) is 17.1 Å². The smallest absolute Gasteiger partial charge is 0.229 e. The molecule has 0 saturated carbocycles. The summed E-state index contributed by atoms with van der Waals surface area (Å²) < 4.78 is 44.8. The van der Waals surface area contributed by atoms with Crippen LogP contribution in [0.2, 0.25) is 0 Å². The monoisotopic (exact) mass is 638 g/mol. The summed E-state index contributed by atoms with van der Waals surface area (Å²) in [6.45, 7) is 1.02. The molecule has 3 aliphatic rings. The third kappa shape index (κ3) is 6.54. The molecular formula is C30H38O15. The number of aliphatic hydroxyl groups is 6. The summed E-state index contributed by atoms with van der Waals surface area (Å²) in [5.74, 6) is 1.06. The molecule has 11 unspecified atom stereocenters. The summed E-state index contributed by atoms with van der Waals surface area (Å²) >= 11 is 0. The molecule has 0 amide bonds. The number of ketones is 1. The van der Waals surface area contributed by atoms with E-state index in [4.69, 9.17) is 37.9 Å². The Morgan fingerprint density at radius 1 is 0.756 bits per heavy atom. The first-order valence-corrected chi connectivity index (χ1v) is 14.3. The average Bonchev–Trinajstić information content (AvgIpc) is 3.04. The second-order valence-electron chi connectivity index (χ2n) is 11.0. The Morgan fingerprint density at radius 2 is 1.42 bits per heavy atom. The van der Waals surface area contributed by atoms with Crippen molar-refractivity contribution in [2.45, 2.75) is 80.9 Å². The third-order valence-corrected chi connectivity index (χ3v) is 8.11. The van der Waals surface area contributed by atoms with Gasteiger partial charge in [0.05, 0.1) is 40.5 Å². The fraction of sp³-hybridized carbons (Fsp3) is 0.567. The van der Waals surface area contributed by atoms with Crippen LogP contribution in [0.5, 0.6) is 28.7 Å². The molecule has 0 bridgehead atoms. The van der Waals surface area contributed by atoms with E-state index >= 15 is 0 Å². The molecule has 2 fully saturated rings. The number of aliphatic hydroxyl groups excluding tert-OH is 6. The van der Waals surface area contributed by atoms with Crippen LogP contribution in [-0.4, -0.2) is 126 Å². The van der Waals surface area contributed by atoms with Gasteiger partial charge < -0.3 is 68.5 Å². The van der Waals surface area contributed by atoms with Gasteiger partial charge in [0.25, 0.3) is 0 Å². The second kappa shape index (κ2) is 13.6. The van der Waals surface area contributed by atoms with Gasteiger partial charge in [0.15, 0.2) is 23.6 Å². The van der Waals surface area contributed by atoms with Crippen molar-refractivity contribution in [1.82, 2.24) is 0 Å². The van der Waals surface area contributed by atoms with E-state index in [0.717, 1.165) is 0 Å². The van der Waals surface area contributed by atoms with Crippen LogP contribution in [0, 0.1) is 0 Å². The largest absolute Gasteiger partial charge is 0.496 e. The topological polar surface area (TPSA) is 212 Å². The van der Waals surface area contributed by atoms with Crippen molar-refractivity contribution in [2.24, 2.45) is 0 Å². The van der Waals surface area contributed by atoms with E-state index in [9.17, 15) is 35.4 Å². The van der Waals surface area contributed by atoms with E-state index in [1.54, 1.807) is 18.2 Å². The first kappa shape index (κ1) is 33.1. The molecule has 5 rings (SSSR count). The molecule has 2 aromatic carbocycles. The zero-order chi connectivity index (χ0) is 32.6. The number of benzene rings is 2. The fourth-order valence-corrected chi connectivity index (χ4v) is 5.49. The van der Waals surface area contributed by atoms with Crippen molar-refractivity contribution in [1.29, 1.82) is 0 Å². The maximum Gasteiger partial charge on any atom is 0.229 e. The lowest BCUT2D eigenvalue weighted by atomic mass is 9.95. The van der Waals surface area contributed by atoms with Crippen LogP contribution in [0.3, 0.4) is 0 Å². The number of hydrogen-bond acceptors (Lipinski definition) is 15. The molecule has 15 heteroatoms. The molecule has 45 heavy (non-hydrogen) atoms. The quantitative estimate of drug-likeness (QED) is 0.203. The van der Waals surface area contributed by atoms with Crippen molar-refractivity contribution in [3.63, 3.8) is 0 Å². The Bertz CT molecular complexity index is 1350. The highest BCUT2D eigenvalue weighted by Crippen LogP contribution is 2.44. The fourth-order valence-electron chi connectivity index (χ4n) is 5.49. The highest BCUT2D eigenvalue weighted by atomic mass is 16.7. The van der Waals surface area contributed by atoms with E-state index in [1.165, 1.54) is 40.4 Å². The van der Waals surface area contributed by atoms with Gasteiger partial charge in [-0.05, 0) is 24.6 Å². The second-order valence-corrected chi connectivity index (χ2v) is 11.0. The summed E-state index contributed by atoms with van der Waals surface area (Å²) in [6, 6.07) is 7.98. The molecule has 11 atom stereocenters. The number of ether oxygens (including phenoxy) is 8. The molecule has 6 N–H and O–H groups in total. The van der Waals surface area contributed by atoms with Gasteiger partial charge in [0.2, 0.25) is 6.29 Å². The molecular weight excluding hydrogens is 600 g/mol. The number of carbonyl (C=O) groups excluding carboxylic acids is 1. The molecule has 2 saturated heterocycles. The predicted octanol–water partition coefficient (Wildman–Crippen LogP) is -0.551. The number of Topliss-reactive ketones (excluding diaryl/α,β-unsaturated/α-hetero) is 1. The van der Waals surface area contributed by atoms with E-state index in [2.05, 4.69) is 0 Å². The van der Waals surface area contributed by atoms with Gasteiger partial charge in [-0.2, -0.15) is 0 Å². The normalized spacial score (nSPS) is 34.8. The summed E-state index contributed by atoms with van der Waals surface area (Å²) in [4.78, 5) is 13.2. The van der Waals surface area contributed by atoms with Crippen LogP contribution < -0.4 is 23.7 Å². The van der Waals surface area contributed by atoms with Crippen molar-refractivity contribution >= 4 is 5.78 Å². The minimum atomic E-state index is -1.73. The Hall–Kier alpha value is -3.25. The van der Waals surface area contributed by atoms with Crippen LogP contribution >= 0.6 is 0 Å². The highest BCUT2D eigenvalue weighted by molar-refractivity contribution is 6.02. The third-order valence-electron chi connectivity index (χ3n) is 8.11. The number of fused-ring (bicyclic) bond motifs is 1. The van der Waals surface area contributed by atoms with E-state index in [-0.39, 0.29) is 35.0 Å². The van der Waals surface area contributed by atoms with Crippen molar-refractivity contribution < 1.29 is 73.3 Å². The standard InChI is InChI=1S/C30H38O15/c1-12-23(32)25(34)27(36)29(42-12)41-11-21-24(33)26(35)28(37)30(45-21)43-14-8-19(40-4)22-15(31)10-17(44-20(22)9-14)13-5-6-16(38-2)18(7-13)39-3/h5-9,12,17,21,23-30,32-37H,10-11H2,1-4H3. The zero-order valence-electron chi connectivity index (χ0n) is 25.0. The van der Waals surface area contributed by atoms with Gasteiger partial charge in [-0.25, -0.2) is 0 Å². The lowest BCUT2D eigenvalue weighted by molar-refractivity contribution is -0.318. The molecule has 3 heterocycles. The van der Waals surface area contributed by atoms with Crippen molar-refractivity contribution in [3.8, 4) is 28.7 Å². The van der Waals surface area contributed by atoms with Gasteiger partial charge >= 0.3 is 0 Å². The molecule has 0 radical (unpaired) electrons. The number of hydrogen-bond donors (Lipinski definition) is 6. The summed E-state index contributed by atoms with van der Waals surface area (Å²) in [6.07, 6.45) is -15.3. The minimum Gasteiger partial charge on any atom is -0.496 e. The molecule has 3 aliphatic heterocycles. The van der Waals surface area contributed by atoms with E-state index in [1.807, 2.05) is 0 Å². The van der Waals surface area contributed by atoms with Gasteiger partial charge in [-0.3, -0.25) is 4.79 Å². The van der Waals surface area contributed by atoms with Crippen molar-refractivity contribution in [3.05, 3.63) is 41.5 Å². The molecule has 0 spiro atoms. The van der Waals surface area contributed by atoms with E-state index < -0.39 is 74.1 Å². The number of rotatable bonds is 9. The lowest BCUT2D eigenvalue weighted by Crippen LogP contribution is -2.61. The molecule has 248 valence electrons. The Balaban J connectivity index is 1.33. The molecule has 15 nitrogen and oxygen atoms in total. The zero-order valence-corrected chi connectivity index (χ0v) is 25.0. The maximum atomic E-state index is 13.2. The molecule has 0 aromatic heterocycles. The molecule has 2 aromatic rings. The SMILES string of the molecule is COc1ccc(C2CC(=O)c3c(OC)cc(OC4OC(COC5OC(C)C(O)C(O)C5O)C(O)C(O)C4O)cc3O2)cc1OC. The number of methoxy groups -OCH3 is 3. The lowest BCUT2D eigenvalue weighted by Gasteiger charge is -2.42. The van der Waals surface area contributed by atoms with Gasteiger partial charge in [0.1, 0.15) is 71.6 Å². The van der Waals surface area contributed by atoms with Crippen LogP contribution in [0.25, 0.3) is 0 Å². The summed E-state index contributed by atoms with van der Waals surface area (Å²) in [5.41, 5.74) is 0.854. The maximum absolute atomic E-state index is 13.2. The minimum absolute atomic E-state index is 0.0173. The highest BCUT2D eigenvalue weighted by Gasteiger charge is 2.47.